The number of hydrogen-bond donors (Lipinski definition) is 4. The number of thioether (sulfide) groups is 1. The molecule has 1 aliphatic rings. The van der Waals surface area contributed by atoms with Gasteiger partial charge in [-0.15, -0.1) is 5.10 Å². The average Bonchev–Trinajstić information content (AvgIpc) is 3.56. The van der Waals surface area contributed by atoms with Crippen LogP contribution in [0, 0.1) is 0 Å². The summed E-state index contributed by atoms with van der Waals surface area (Å²) in [5.74, 6) is 0.723. The summed E-state index contributed by atoms with van der Waals surface area (Å²) >= 11 is 1.47. The van der Waals surface area contributed by atoms with Crippen molar-refractivity contribution in [3.05, 3.63) is 125 Å². The van der Waals surface area contributed by atoms with Crippen LogP contribution in [-0.4, -0.2) is 48.3 Å². The molecule has 230 valence electrons. The number of tetrazole rings is 1. The van der Waals surface area contributed by atoms with Gasteiger partial charge < -0.3 is 30.3 Å². The lowest BCUT2D eigenvalue weighted by atomic mass is 10.0. The van der Waals surface area contributed by atoms with Crippen LogP contribution in [0.1, 0.15) is 41.1 Å². The van der Waals surface area contributed by atoms with Gasteiger partial charge in [0.05, 0.1) is 24.5 Å². The Morgan fingerprint density at radius 3 is 2.36 bits per heavy atom. The maximum Gasteiger partial charge on any atom is 0.319 e. The van der Waals surface area contributed by atoms with Gasteiger partial charge >= 0.3 is 6.03 Å². The lowest BCUT2D eigenvalue weighted by molar-refractivity contribution is -0.245. The van der Waals surface area contributed by atoms with E-state index in [1.54, 1.807) is 28.9 Å². The number of aromatic nitrogens is 4. The number of carbonyl (C=O) groups excluding carboxylic acids is 1. The molecule has 0 spiro atoms. The van der Waals surface area contributed by atoms with E-state index in [2.05, 4.69) is 26.2 Å². The number of phenols is 1. The molecule has 4 aromatic carbocycles. The number of amides is 2. The summed E-state index contributed by atoms with van der Waals surface area (Å²) in [5.41, 5.74) is 5.01. The number of anilines is 1. The van der Waals surface area contributed by atoms with Gasteiger partial charge in [-0.2, -0.15) is 4.68 Å². The maximum absolute atomic E-state index is 12.4. The van der Waals surface area contributed by atoms with Crippen molar-refractivity contribution in [3.8, 4) is 11.4 Å². The summed E-state index contributed by atoms with van der Waals surface area (Å²) in [6, 6.07) is 31.2. The van der Waals surface area contributed by atoms with Gasteiger partial charge in [0.1, 0.15) is 5.75 Å². The molecule has 3 atom stereocenters. The number of benzene rings is 4. The van der Waals surface area contributed by atoms with Gasteiger partial charge in [-0.1, -0.05) is 78.5 Å². The molecular weight excluding hydrogens is 592 g/mol. The van der Waals surface area contributed by atoms with Crippen LogP contribution in [0.2, 0.25) is 0 Å². The quantitative estimate of drug-likeness (QED) is 0.148. The summed E-state index contributed by atoms with van der Waals surface area (Å²) in [4.78, 5) is 12.4. The molecule has 0 saturated carbocycles. The van der Waals surface area contributed by atoms with E-state index in [1.807, 2.05) is 78.9 Å². The smallest absolute Gasteiger partial charge is 0.319 e. The Bertz CT molecular complexity index is 1680. The van der Waals surface area contributed by atoms with E-state index >= 15 is 0 Å². The Hall–Kier alpha value is -4.75. The van der Waals surface area contributed by atoms with Crippen LogP contribution in [0.15, 0.2) is 108 Å². The highest BCUT2D eigenvalue weighted by atomic mass is 32.2. The van der Waals surface area contributed by atoms with E-state index in [-0.39, 0.29) is 30.6 Å². The van der Waals surface area contributed by atoms with Crippen molar-refractivity contribution in [3.63, 3.8) is 0 Å². The van der Waals surface area contributed by atoms with Crippen LogP contribution in [-0.2, 0) is 22.6 Å². The molecule has 2 heterocycles. The normalized spacial score (nSPS) is 17.9. The van der Waals surface area contributed by atoms with Crippen LogP contribution in [0.3, 0.4) is 0 Å². The largest absolute Gasteiger partial charge is 0.508 e. The Labute approximate surface area is 264 Å². The minimum Gasteiger partial charge on any atom is -0.508 e. The number of rotatable bonds is 10. The van der Waals surface area contributed by atoms with Crippen LogP contribution in [0.4, 0.5) is 10.5 Å². The first-order valence-corrected chi connectivity index (χ1v) is 15.4. The van der Waals surface area contributed by atoms with Gasteiger partial charge in [0, 0.05) is 30.0 Å². The molecule has 2 amide bonds. The summed E-state index contributed by atoms with van der Waals surface area (Å²) in [7, 11) is 0. The zero-order valence-electron chi connectivity index (χ0n) is 24.2. The van der Waals surface area contributed by atoms with Gasteiger partial charge in [-0.25, -0.2) is 4.79 Å². The number of aromatic hydroxyl groups is 1. The molecule has 5 aromatic rings. The summed E-state index contributed by atoms with van der Waals surface area (Å²) in [5, 5.41) is 37.6. The number of carbonyl (C=O) groups is 1. The van der Waals surface area contributed by atoms with Crippen molar-refractivity contribution in [2.75, 3.05) is 11.1 Å². The van der Waals surface area contributed by atoms with Crippen LogP contribution < -0.4 is 10.6 Å². The van der Waals surface area contributed by atoms with Gasteiger partial charge in [0.15, 0.2) is 6.29 Å². The Morgan fingerprint density at radius 2 is 1.62 bits per heavy atom. The van der Waals surface area contributed by atoms with Crippen molar-refractivity contribution in [2.24, 2.45) is 0 Å². The van der Waals surface area contributed by atoms with Crippen molar-refractivity contribution < 1.29 is 24.5 Å². The monoisotopic (exact) mass is 624 g/mol. The van der Waals surface area contributed by atoms with Crippen molar-refractivity contribution >= 4 is 23.5 Å². The third kappa shape index (κ3) is 7.86. The number of hydrogen-bond acceptors (Lipinski definition) is 9. The van der Waals surface area contributed by atoms with E-state index in [1.165, 1.54) is 11.8 Å². The van der Waals surface area contributed by atoms with Crippen LogP contribution in [0.5, 0.6) is 5.75 Å². The van der Waals surface area contributed by atoms with Gasteiger partial charge in [0.2, 0.25) is 5.16 Å². The maximum atomic E-state index is 12.4. The molecule has 1 aliphatic heterocycles. The van der Waals surface area contributed by atoms with E-state index < -0.39 is 6.29 Å². The van der Waals surface area contributed by atoms with E-state index in [4.69, 9.17) is 9.47 Å². The summed E-state index contributed by atoms with van der Waals surface area (Å²) in [6.07, 6.45) is -0.510. The highest BCUT2D eigenvalue weighted by Gasteiger charge is 2.32. The van der Waals surface area contributed by atoms with Crippen molar-refractivity contribution in [2.45, 2.75) is 43.2 Å². The molecular formula is C33H32N6O5S. The first-order valence-electron chi connectivity index (χ1n) is 14.4. The van der Waals surface area contributed by atoms with Crippen molar-refractivity contribution in [1.82, 2.24) is 25.5 Å². The predicted molar refractivity (Wildman–Crippen MR) is 169 cm³/mol. The zero-order chi connectivity index (χ0) is 31.0. The number of ether oxygens (including phenoxy) is 2. The molecule has 0 radical (unpaired) electrons. The van der Waals surface area contributed by atoms with Crippen molar-refractivity contribution in [1.29, 1.82) is 0 Å². The van der Waals surface area contributed by atoms with Crippen LogP contribution in [0.25, 0.3) is 5.69 Å². The molecule has 0 bridgehead atoms. The van der Waals surface area contributed by atoms with Crippen LogP contribution >= 0.6 is 11.8 Å². The van der Waals surface area contributed by atoms with Gasteiger partial charge in [0.25, 0.3) is 0 Å². The number of nitrogens with zero attached hydrogens (tertiary/aromatic N) is 4. The SMILES string of the molecule is O=C(NCc1ccccc1)Nc1ccc(C2OC(CSc3nnnn3-c3ccc(O)cc3)CC(c3ccc(CO)cc3)O2)cc1. The topological polar surface area (TPSA) is 144 Å². The molecule has 4 N–H and O–H groups in total. The molecule has 1 saturated heterocycles. The predicted octanol–water partition coefficient (Wildman–Crippen LogP) is 5.52. The second-order valence-electron chi connectivity index (χ2n) is 10.5. The zero-order valence-corrected chi connectivity index (χ0v) is 25.0. The Kier molecular flexibility index (Phi) is 9.66. The molecule has 1 aromatic heterocycles. The molecule has 11 nitrogen and oxygen atoms in total. The van der Waals surface area contributed by atoms with E-state index in [0.717, 1.165) is 27.9 Å². The summed E-state index contributed by atoms with van der Waals surface area (Å²) < 4.78 is 14.5. The fourth-order valence-corrected chi connectivity index (χ4v) is 5.80. The molecule has 1 fully saturated rings. The standard InChI is InChI=1S/C33H32N6O5S/c40-20-23-6-8-24(9-7-23)30-18-29(21-45-33-36-37-38-39(33)27-14-16-28(41)17-15-27)43-31(44-30)25-10-12-26(13-11-25)35-32(42)34-19-22-4-2-1-3-5-22/h1-17,29-31,40-41H,18-21H2,(H2,34,35,42). The molecule has 3 unspecified atom stereocenters. The third-order valence-electron chi connectivity index (χ3n) is 7.29. The van der Waals surface area contributed by atoms with E-state index in [9.17, 15) is 15.0 Å². The number of urea groups is 1. The highest BCUT2D eigenvalue weighted by molar-refractivity contribution is 7.99. The van der Waals surface area contributed by atoms with Gasteiger partial charge in [-0.05, 0) is 63.5 Å². The minimum atomic E-state index is -0.652. The number of aliphatic hydroxyl groups excluding tert-OH is 1. The second-order valence-corrected chi connectivity index (χ2v) is 11.5. The summed E-state index contributed by atoms with van der Waals surface area (Å²) in [6.45, 7) is 0.396. The Balaban J connectivity index is 1.14. The highest BCUT2D eigenvalue weighted by Crippen LogP contribution is 2.39. The third-order valence-corrected chi connectivity index (χ3v) is 8.34. The van der Waals surface area contributed by atoms with E-state index in [0.29, 0.717) is 29.6 Å². The average molecular weight is 625 g/mol. The first kappa shape index (κ1) is 30.3. The molecule has 45 heavy (non-hydrogen) atoms. The first-order chi connectivity index (χ1) is 22.0. The second kappa shape index (κ2) is 14.4. The lowest BCUT2D eigenvalue weighted by Crippen LogP contribution is -2.31. The molecule has 0 aliphatic carbocycles. The molecule has 6 rings (SSSR count). The minimum absolute atomic E-state index is 0.0305. The fraction of sp³-hybridized carbons (Fsp3) is 0.212. The molecule has 12 heteroatoms. The fourth-order valence-electron chi connectivity index (χ4n) is 4.89. The van der Waals surface area contributed by atoms with Gasteiger partial charge in [-0.3, -0.25) is 0 Å². The number of phenolic OH excluding ortho intramolecular Hbond substituents is 1. The number of aliphatic hydroxyl groups is 1. The Morgan fingerprint density at radius 1 is 0.889 bits per heavy atom. The lowest BCUT2D eigenvalue weighted by Gasteiger charge is -2.36. The number of nitrogens with one attached hydrogen (secondary N) is 2.